The second kappa shape index (κ2) is 13.6. The lowest BCUT2D eigenvalue weighted by atomic mass is 10.1. The summed E-state index contributed by atoms with van der Waals surface area (Å²) in [6.07, 6.45) is 1.02. The minimum atomic E-state index is -0.870. The van der Waals surface area contributed by atoms with Crippen molar-refractivity contribution in [3.8, 4) is 0 Å². The van der Waals surface area contributed by atoms with E-state index in [-0.39, 0.29) is 12.8 Å². The third-order valence-electron chi connectivity index (χ3n) is 3.88. The first-order valence-corrected chi connectivity index (χ1v) is 8.72. The maximum atomic E-state index is 9.90. The van der Waals surface area contributed by atoms with Crippen molar-refractivity contribution in [2.45, 2.75) is 53.4 Å². The lowest BCUT2D eigenvalue weighted by Crippen LogP contribution is -1.97. The summed E-state index contributed by atoms with van der Waals surface area (Å²) < 4.78 is 0. The molecule has 0 aliphatic heterocycles. The summed E-state index contributed by atoms with van der Waals surface area (Å²) >= 11 is 0. The molecule has 2 aromatic carbocycles. The Kier molecular flexibility index (Phi) is 12.3. The van der Waals surface area contributed by atoms with Crippen LogP contribution < -0.4 is 0 Å². The molecule has 0 fully saturated rings. The fourth-order valence-corrected chi connectivity index (χ4v) is 1.88. The summed E-state index contributed by atoms with van der Waals surface area (Å²) in [6.45, 7) is 8.48. The van der Waals surface area contributed by atoms with Crippen LogP contribution in [0, 0.1) is 27.7 Å². The predicted molar refractivity (Wildman–Crippen MR) is 106 cm³/mol. The Bertz CT molecular complexity index is 576. The standard InChI is InChI=1S/2C8H10.C6H10O4/c2*1-7-5-3-4-6-8(7)2;7-5(8)3-1-2-4-6(9)10/h2*3-6H,1-2H3;1-4H2,(H,7,8)(H,9,10). The van der Waals surface area contributed by atoms with Crippen LogP contribution in [0.15, 0.2) is 48.5 Å². The Labute approximate surface area is 156 Å². The maximum absolute atomic E-state index is 9.90. The van der Waals surface area contributed by atoms with Crippen LogP contribution in [-0.4, -0.2) is 22.2 Å². The first kappa shape index (κ1) is 23.4. The summed E-state index contributed by atoms with van der Waals surface area (Å²) in [6, 6.07) is 16.7. The molecule has 0 aliphatic carbocycles. The van der Waals surface area contributed by atoms with Crippen molar-refractivity contribution in [1.29, 1.82) is 0 Å². The summed E-state index contributed by atoms with van der Waals surface area (Å²) in [5.41, 5.74) is 5.47. The van der Waals surface area contributed by atoms with Crippen molar-refractivity contribution < 1.29 is 19.8 Å². The Hall–Kier alpha value is -2.62. The van der Waals surface area contributed by atoms with Crippen LogP contribution in [0.25, 0.3) is 0 Å². The molecule has 0 radical (unpaired) electrons. The molecule has 0 spiro atoms. The molecule has 0 unspecified atom stereocenters. The SMILES string of the molecule is Cc1ccccc1C.Cc1ccccc1C.O=C(O)CCCCC(=O)O. The average molecular weight is 358 g/mol. The summed E-state index contributed by atoms with van der Waals surface area (Å²) in [5, 5.41) is 16.3. The molecule has 2 rings (SSSR count). The number of hydrogen-bond acceptors (Lipinski definition) is 2. The van der Waals surface area contributed by atoms with Crippen molar-refractivity contribution in [3.05, 3.63) is 70.8 Å². The molecule has 0 aromatic heterocycles. The van der Waals surface area contributed by atoms with Crippen LogP contribution in [-0.2, 0) is 9.59 Å². The van der Waals surface area contributed by atoms with Gasteiger partial charge in [0.25, 0.3) is 0 Å². The fourth-order valence-electron chi connectivity index (χ4n) is 1.88. The van der Waals surface area contributed by atoms with Crippen LogP contribution in [0.2, 0.25) is 0 Å². The number of unbranched alkanes of at least 4 members (excludes halogenated alkanes) is 1. The van der Waals surface area contributed by atoms with Gasteiger partial charge in [-0.15, -0.1) is 0 Å². The summed E-state index contributed by atoms with van der Waals surface area (Å²) in [5.74, 6) is -1.74. The smallest absolute Gasteiger partial charge is 0.303 e. The van der Waals surface area contributed by atoms with E-state index in [0.29, 0.717) is 12.8 Å². The van der Waals surface area contributed by atoms with Crippen molar-refractivity contribution >= 4 is 11.9 Å². The highest BCUT2D eigenvalue weighted by molar-refractivity contribution is 5.67. The molecule has 2 aromatic rings. The van der Waals surface area contributed by atoms with Crippen molar-refractivity contribution in [2.24, 2.45) is 0 Å². The van der Waals surface area contributed by atoms with Crippen LogP contribution in [0.3, 0.4) is 0 Å². The maximum Gasteiger partial charge on any atom is 0.303 e. The van der Waals surface area contributed by atoms with E-state index in [1.807, 2.05) is 0 Å². The van der Waals surface area contributed by atoms with E-state index in [1.54, 1.807) is 0 Å². The predicted octanol–water partition coefficient (Wildman–Crippen LogP) is 5.32. The molecule has 0 aliphatic rings. The molecule has 26 heavy (non-hydrogen) atoms. The second-order valence-electron chi connectivity index (χ2n) is 6.16. The van der Waals surface area contributed by atoms with E-state index < -0.39 is 11.9 Å². The van der Waals surface area contributed by atoms with Crippen LogP contribution in [0.1, 0.15) is 47.9 Å². The first-order valence-electron chi connectivity index (χ1n) is 8.72. The van der Waals surface area contributed by atoms with E-state index in [2.05, 4.69) is 76.2 Å². The highest BCUT2D eigenvalue weighted by atomic mass is 16.4. The molecule has 2 N–H and O–H groups in total. The lowest BCUT2D eigenvalue weighted by Gasteiger charge is -1.93. The number of carboxylic acid groups (broad SMARTS) is 2. The third-order valence-corrected chi connectivity index (χ3v) is 3.88. The molecular formula is C22H30O4. The second-order valence-corrected chi connectivity index (χ2v) is 6.16. The van der Waals surface area contributed by atoms with Gasteiger partial charge in [-0.1, -0.05) is 48.5 Å². The van der Waals surface area contributed by atoms with Gasteiger partial charge >= 0.3 is 11.9 Å². The number of aryl methyl sites for hydroxylation is 4. The van der Waals surface area contributed by atoms with Crippen molar-refractivity contribution in [3.63, 3.8) is 0 Å². The van der Waals surface area contributed by atoms with Gasteiger partial charge in [-0.2, -0.15) is 0 Å². The normalized spacial score (nSPS) is 9.23. The Morgan fingerprint density at radius 1 is 0.615 bits per heavy atom. The number of aliphatic carboxylic acids is 2. The van der Waals surface area contributed by atoms with Gasteiger partial charge in [0.2, 0.25) is 0 Å². The molecule has 0 amide bonds. The number of carbonyl (C=O) groups is 2. The molecule has 0 bridgehead atoms. The van der Waals surface area contributed by atoms with E-state index in [4.69, 9.17) is 10.2 Å². The largest absolute Gasteiger partial charge is 0.481 e. The molecular weight excluding hydrogens is 328 g/mol. The van der Waals surface area contributed by atoms with Crippen molar-refractivity contribution in [2.75, 3.05) is 0 Å². The minimum absolute atomic E-state index is 0.0628. The summed E-state index contributed by atoms with van der Waals surface area (Å²) in [7, 11) is 0. The van der Waals surface area contributed by atoms with E-state index in [1.165, 1.54) is 22.3 Å². The van der Waals surface area contributed by atoms with E-state index in [0.717, 1.165) is 0 Å². The molecule has 0 saturated heterocycles. The number of benzene rings is 2. The Balaban J connectivity index is 0.000000363. The third kappa shape index (κ3) is 12.8. The van der Waals surface area contributed by atoms with Crippen molar-refractivity contribution in [1.82, 2.24) is 0 Å². The van der Waals surface area contributed by atoms with Crippen LogP contribution >= 0.6 is 0 Å². The monoisotopic (exact) mass is 358 g/mol. The van der Waals surface area contributed by atoms with E-state index in [9.17, 15) is 9.59 Å². The molecule has 4 nitrogen and oxygen atoms in total. The molecule has 142 valence electrons. The quantitative estimate of drug-likeness (QED) is 0.709. The minimum Gasteiger partial charge on any atom is -0.481 e. The molecule has 0 heterocycles. The van der Waals surface area contributed by atoms with Gasteiger partial charge in [0.1, 0.15) is 0 Å². The van der Waals surface area contributed by atoms with Gasteiger partial charge in [0.05, 0.1) is 0 Å². The van der Waals surface area contributed by atoms with Crippen LogP contribution in [0.5, 0.6) is 0 Å². The van der Waals surface area contributed by atoms with Gasteiger partial charge in [-0.05, 0) is 62.8 Å². The fraction of sp³-hybridized carbons (Fsp3) is 0.364. The Morgan fingerprint density at radius 2 is 0.846 bits per heavy atom. The van der Waals surface area contributed by atoms with Crippen LogP contribution in [0.4, 0.5) is 0 Å². The van der Waals surface area contributed by atoms with Gasteiger partial charge in [0, 0.05) is 12.8 Å². The highest BCUT2D eigenvalue weighted by Crippen LogP contribution is 2.03. The molecule has 0 saturated carbocycles. The van der Waals surface area contributed by atoms with Gasteiger partial charge in [-0.25, -0.2) is 0 Å². The van der Waals surface area contributed by atoms with Gasteiger partial charge in [-0.3, -0.25) is 9.59 Å². The Morgan fingerprint density at radius 3 is 1.00 bits per heavy atom. The van der Waals surface area contributed by atoms with Gasteiger partial charge < -0.3 is 10.2 Å². The number of rotatable bonds is 5. The average Bonchev–Trinajstić information content (AvgIpc) is 2.58. The topological polar surface area (TPSA) is 74.6 Å². The highest BCUT2D eigenvalue weighted by Gasteiger charge is 1.99. The van der Waals surface area contributed by atoms with E-state index >= 15 is 0 Å². The summed E-state index contributed by atoms with van der Waals surface area (Å²) in [4.78, 5) is 19.8. The number of carboxylic acids is 2. The lowest BCUT2D eigenvalue weighted by molar-refractivity contribution is -0.139. The number of hydrogen-bond donors (Lipinski definition) is 2. The molecule has 4 heteroatoms. The van der Waals surface area contributed by atoms with Gasteiger partial charge in [0.15, 0.2) is 0 Å². The zero-order valence-corrected chi connectivity index (χ0v) is 16.2. The zero-order valence-electron chi connectivity index (χ0n) is 16.2. The molecule has 0 atom stereocenters. The zero-order chi connectivity index (χ0) is 19.9. The first-order chi connectivity index (χ1) is 12.2.